The molecule has 88 valence electrons. The van der Waals surface area contributed by atoms with Crippen LogP contribution in [0.5, 0.6) is 0 Å². The van der Waals surface area contributed by atoms with Gasteiger partial charge < -0.3 is 5.73 Å². The zero-order valence-corrected chi connectivity index (χ0v) is 9.05. The zero-order valence-electron chi connectivity index (χ0n) is 9.05. The first-order valence-electron chi connectivity index (χ1n) is 4.81. The van der Waals surface area contributed by atoms with Crippen LogP contribution in [-0.4, -0.2) is 6.34 Å². The van der Waals surface area contributed by atoms with E-state index >= 15 is 0 Å². The zero-order chi connectivity index (χ0) is 12.3. The van der Waals surface area contributed by atoms with Gasteiger partial charge in [0, 0.05) is 0 Å². The summed E-state index contributed by atoms with van der Waals surface area (Å²) in [7, 11) is 0. The molecule has 0 unspecified atom stereocenters. The van der Waals surface area contributed by atoms with Crippen LogP contribution in [-0.2, 0) is 6.18 Å². The molecule has 0 saturated carbocycles. The van der Waals surface area contributed by atoms with Gasteiger partial charge in [-0.2, -0.15) is 13.2 Å². The smallest absolute Gasteiger partial charge is 0.390 e. The highest BCUT2D eigenvalue weighted by Gasteiger charge is 2.31. The van der Waals surface area contributed by atoms with Gasteiger partial charge in [-0.05, 0) is 29.7 Å². The fourth-order valence-electron chi connectivity index (χ4n) is 1.39. The van der Waals surface area contributed by atoms with E-state index in [0.717, 1.165) is 18.5 Å². The van der Waals surface area contributed by atoms with Crippen LogP contribution in [0.25, 0.3) is 0 Å². The molecule has 2 nitrogen and oxygen atoms in total. The second-order valence-electron chi connectivity index (χ2n) is 3.70. The third kappa shape index (κ3) is 2.74. The van der Waals surface area contributed by atoms with E-state index in [4.69, 9.17) is 5.73 Å². The molecule has 0 radical (unpaired) electrons. The summed E-state index contributed by atoms with van der Waals surface area (Å²) < 4.78 is 37.5. The van der Waals surface area contributed by atoms with Gasteiger partial charge in [-0.15, -0.1) is 0 Å². The van der Waals surface area contributed by atoms with E-state index in [9.17, 15) is 13.2 Å². The van der Waals surface area contributed by atoms with Crippen LogP contribution in [0.3, 0.4) is 0 Å². The number of nitrogens with two attached hydrogens (primary N) is 1. The lowest BCUT2D eigenvalue weighted by atomic mass is 9.98. The van der Waals surface area contributed by atoms with Crippen molar-refractivity contribution >= 4 is 12.0 Å². The Morgan fingerprint density at radius 3 is 2.38 bits per heavy atom. The molecule has 0 aliphatic carbocycles. The third-order valence-corrected chi connectivity index (χ3v) is 2.19. The highest BCUT2D eigenvalue weighted by atomic mass is 19.4. The summed E-state index contributed by atoms with van der Waals surface area (Å²) in [4.78, 5) is 3.84. The van der Waals surface area contributed by atoms with Gasteiger partial charge in [0.05, 0.1) is 17.6 Å². The molecule has 0 amide bonds. The second kappa shape index (κ2) is 4.55. The summed E-state index contributed by atoms with van der Waals surface area (Å²) >= 11 is 0. The first-order valence-corrected chi connectivity index (χ1v) is 4.81. The Bertz CT molecular complexity index is 395. The van der Waals surface area contributed by atoms with E-state index in [1.165, 1.54) is 6.07 Å². The normalized spacial score (nSPS) is 12.6. The van der Waals surface area contributed by atoms with Gasteiger partial charge in [0.2, 0.25) is 0 Å². The van der Waals surface area contributed by atoms with Crippen LogP contribution in [0.1, 0.15) is 30.9 Å². The molecule has 0 bridgehead atoms. The molecular weight excluding hydrogens is 217 g/mol. The van der Waals surface area contributed by atoms with Gasteiger partial charge in [0.25, 0.3) is 0 Å². The molecule has 1 rings (SSSR count). The van der Waals surface area contributed by atoms with Crippen molar-refractivity contribution in [1.82, 2.24) is 0 Å². The molecule has 0 aromatic heterocycles. The predicted molar refractivity (Wildman–Crippen MR) is 57.9 cm³/mol. The summed E-state index contributed by atoms with van der Waals surface area (Å²) in [6.07, 6.45) is -3.25. The van der Waals surface area contributed by atoms with Crippen molar-refractivity contribution in [3.05, 3.63) is 29.3 Å². The Balaban J connectivity index is 3.28. The summed E-state index contributed by atoms with van der Waals surface area (Å²) in [5.41, 5.74) is 5.50. The largest absolute Gasteiger partial charge is 0.416 e. The van der Waals surface area contributed by atoms with Crippen LogP contribution >= 0.6 is 0 Å². The van der Waals surface area contributed by atoms with Crippen molar-refractivity contribution in [2.24, 2.45) is 10.7 Å². The number of benzene rings is 1. The van der Waals surface area contributed by atoms with Gasteiger partial charge in [-0.1, -0.05) is 13.8 Å². The molecule has 1 aromatic carbocycles. The Kier molecular flexibility index (Phi) is 3.57. The molecular formula is C11H13F3N2. The van der Waals surface area contributed by atoms with Gasteiger partial charge in [-0.25, -0.2) is 4.99 Å². The van der Waals surface area contributed by atoms with E-state index in [0.29, 0.717) is 11.3 Å². The van der Waals surface area contributed by atoms with Crippen LogP contribution in [0.4, 0.5) is 18.9 Å². The number of aliphatic imine (C=N–C) groups is 1. The molecule has 0 saturated heterocycles. The Morgan fingerprint density at radius 1 is 1.31 bits per heavy atom. The van der Waals surface area contributed by atoms with Crippen molar-refractivity contribution in [3.8, 4) is 0 Å². The topological polar surface area (TPSA) is 38.4 Å². The van der Waals surface area contributed by atoms with Gasteiger partial charge >= 0.3 is 6.18 Å². The lowest BCUT2D eigenvalue weighted by Crippen LogP contribution is -2.06. The average Bonchev–Trinajstić information content (AvgIpc) is 2.16. The van der Waals surface area contributed by atoms with Crippen molar-refractivity contribution in [3.63, 3.8) is 0 Å². The lowest BCUT2D eigenvalue weighted by Gasteiger charge is -2.13. The van der Waals surface area contributed by atoms with E-state index in [1.54, 1.807) is 0 Å². The van der Waals surface area contributed by atoms with Crippen molar-refractivity contribution in [1.29, 1.82) is 0 Å². The molecule has 1 aromatic rings. The van der Waals surface area contributed by atoms with Crippen molar-refractivity contribution in [2.75, 3.05) is 0 Å². The fourth-order valence-corrected chi connectivity index (χ4v) is 1.39. The molecule has 5 heteroatoms. The number of rotatable bonds is 2. The maximum Gasteiger partial charge on any atom is 0.416 e. The molecule has 0 aliphatic heterocycles. The summed E-state index contributed by atoms with van der Waals surface area (Å²) in [5.74, 6) is -0.0407. The molecule has 0 atom stereocenters. The van der Waals surface area contributed by atoms with Crippen molar-refractivity contribution < 1.29 is 13.2 Å². The third-order valence-electron chi connectivity index (χ3n) is 2.19. The highest BCUT2D eigenvalue weighted by Crippen LogP contribution is 2.35. The highest BCUT2D eigenvalue weighted by molar-refractivity contribution is 5.62. The standard InChI is InChI=1S/C11H13F3N2/c1-7(2)9-5-8(11(12,13)14)3-4-10(9)16-6-15/h3-7H,1-2H3,(H2,15,16). The molecule has 0 spiro atoms. The van der Waals surface area contributed by atoms with Gasteiger partial charge in [0.15, 0.2) is 0 Å². The van der Waals surface area contributed by atoms with Crippen LogP contribution in [0.15, 0.2) is 23.2 Å². The number of nitrogens with zero attached hydrogens (tertiary/aromatic N) is 1. The van der Waals surface area contributed by atoms with E-state index in [1.807, 2.05) is 13.8 Å². The summed E-state index contributed by atoms with van der Waals surface area (Å²) in [6, 6.07) is 3.46. The molecule has 2 N–H and O–H groups in total. The first-order chi connectivity index (χ1) is 7.36. The van der Waals surface area contributed by atoms with Crippen LogP contribution < -0.4 is 5.73 Å². The van der Waals surface area contributed by atoms with Crippen LogP contribution in [0, 0.1) is 0 Å². The van der Waals surface area contributed by atoms with E-state index in [-0.39, 0.29) is 5.92 Å². The number of hydrogen-bond donors (Lipinski definition) is 1. The molecule has 0 aliphatic rings. The minimum Gasteiger partial charge on any atom is -0.390 e. The Hall–Kier alpha value is -1.52. The Morgan fingerprint density at radius 2 is 1.94 bits per heavy atom. The molecule has 16 heavy (non-hydrogen) atoms. The Labute approximate surface area is 92.0 Å². The minimum absolute atomic E-state index is 0.0407. The maximum absolute atomic E-state index is 12.5. The quantitative estimate of drug-likeness (QED) is 0.613. The SMILES string of the molecule is CC(C)c1cc(C(F)(F)F)ccc1N=CN. The van der Waals surface area contributed by atoms with E-state index in [2.05, 4.69) is 4.99 Å². The summed E-state index contributed by atoms with van der Waals surface area (Å²) in [5, 5.41) is 0. The fraction of sp³-hybridized carbons (Fsp3) is 0.364. The van der Waals surface area contributed by atoms with Gasteiger partial charge in [-0.3, -0.25) is 0 Å². The first kappa shape index (κ1) is 12.5. The number of hydrogen-bond acceptors (Lipinski definition) is 1. The lowest BCUT2D eigenvalue weighted by molar-refractivity contribution is -0.137. The molecule has 0 fully saturated rings. The monoisotopic (exact) mass is 230 g/mol. The average molecular weight is 230 g/mol. The number of alkyl halides is 3. The summed E-state index contributed by atoms with van der Waals surface area (Å²) in [6.45, 7) is 3.62. The van der Waals surface area contributed by atoms with Crippen molar-refractivity contribution in [2.45, 2.75) is 25.9 Å². The van der Waals surface area contributed by atoms with Gasteiger partial charge in [0.1, 0.15) is 0 Å². The van der Waals surface area contributed by atoms with E-state index < -0.39 is 11.7 Å². The predicted octanol–water partition coefficient (Wildman–Crippen LogP) is 3.45. The minimum atomic E-state index is -4.32. The molecule has 0 heterocycles. The number of halogens is 3. The van der Waals surface area contributed by atoms with Crippen LogP contribution in [0.2, 0.25) is 0 Å². The maximum atomic E-state index is 12.5. The second-order valence-corrected chi connectivity index (χ2v) is 3.70.